The summed E-state index contributed by atoms with van der Waals surface area (Å²) in [7, 11) is 1.46. The fourth-order valence-electron chi connectivity index (χ4n) is 7.60. The van der Waals surface area contributed by atoms with E-state index in [1.54, 1.807) is 0 Å². The van der Waals surface area contributed by atoms with Gasteiger partial charge < -0.3 is 18.9 Å². The first-order chi connectivity index (χ1) is 27.1. The number of carbonyl (C=O) groups is 2. The minimum atomic E-state index is -4.40. The van der Waals surface area contributed by atoms with E-state index in [0.29, 0.717) is 22.9 Å². The van der Waals surface area contributed by atoms with Crippen LogP contribution in [-0.4, -0.2) is 74.9 Å². The van der Waals surface area contributed by atoms with Crippen molar-refractivity contribution in [2.75, 3.05) is 47.5 Å². The lowest BCUT2D eigenvalue weighted by molar-refractivity contribution is -0.870. The molecule has 0 aromatic rings. The Kier molecular flexibility index (Phi) is 32.1. The molecule has 0 aromatic carbocycles. The standard InChI is InChI=1S/C48H96NO8P/c1-38(2)20-14-22-40(5)24-16-26-42(7)28-18-30-44(9)34-47(50)54-36-46(37-56-58(52,53)55-33-32-49(11,12)13)57-48(51)35-45(10)31-19-29-43(8)27-17-25-41(6)23-15-21-39(3)4/h38-46H,14-37H2,1-13H3/p+1. The van der Waals surface area contributed by atoms with Crippen LogP contribution in [-0.2, 0) is 32.7 Å². The predicted molar refractivity (Wildman–Crippen MR) is 242 cm³/mol. The summed E-state index contributed by atoms with van der Waals surface area (Å²) < 4.78 is 34.9. The predicted octanol–water partition coefficient (Wildman–Crippen LogP) is 13.2. The molecule has 0 spiro atoms. The molecule has 8 atom stereocenters. The number of phosphoric acid groups is 1. The molecule has 0 saturated carbocycles. The van der Waals surface area contributed by atoms with Crippen molar-refractivity contribution in [1.29, 1.82) is 0 Å². The molecule has 0 aliphatic heterocycles. The second-order valence-corrected chi connectivity index (χ2v) is 22.3. The van der Waals surface area contributed by atoms with Crippen LogP contribution < -0.4 is 0 Å². The van der Waals surface area contributed by atoms with E-state index in [9.17, 15) is 19.0 Å². The lowest BCUT2D eigenvalue weighted by Crippen LogP contribution is -2.37. The molecule has 0 rings (SSSR count). The van der Waals surface area contributed by atoms with Gasteiger partial charge in [-0.2, -0.15) is 0 Å². The number of nitrogens with zero attached hydrogens (tertiary/aromatic N) is 1. The summed E-state index contributed by atoms with van der Waals surface area (Å²) in [4.78, 5) is 36.2. The van der Waals surface area contributed by atoms with Crippen LogP contribution in [0.2, 0.25) is 0 Å². The van der Waals surface area contributed by atoms with Crippen LogP contribution in [0.5, 0.6) is 0 Å². The van der Waals surface area contributed by atoms with Gasteiger partial charge in [0.15, 0.2) is 6.10 Å². The molecule has 0 aromatic heterocycles. The number of likely N-dealkylation sites (N-methyl/N-ethyl adjacent to an activating group) is 1. The first-order valence-electron chi connectivity index (χ1n) is 23.8. The fraction of sp³-hybridized carbons (Fsp3) is 0.958. The Morgan fingerprint density at radius 1 is 0.500 bits per heavy atom. The van der Waals surface area contributed by atoms with Crippen molar-refractivity contribution in [3.63, 3.8) is 0 Å². The molecule has 10 heteroatoms. The summed E-state index contributed by atoms with van der Waals surface area (Å²) in [5, 5.41) is 0. The zero-order valence-electron chi connectivity index (χ0n) is 40.4. The van der Waals surface area contributed by atoms with Gasteiger partial charge in [0.1, 0.15) is 19.8 Å². The topological polar surface area (TPSA) is 108 Å². The Labute approximate surface area is 359 Å². The van der Waals surface area contributed by atoms with Crippen molar-refractivity contribution in [3.05, 3.63) is 0 Å². The number of ether oxygens (including phenoxy) is 2. The van der Waals surface area contributed by atoms with Gasteiger partial charge in [0, 0.05) is 12.8 Å². The molecular weight excluding hydrogens is 750 g/mol. The van der Waals surface area contributed by atoms with Gasteiger partial charge in [-0.25, -0.2) is 4.57 Å². The molecule has 0 amide bonds. The first kappa shape index (κ1) is 57.0. The summed E-state index contributed by atoms with van der Waals surface area (Å²) in [6, 6.07) is 0. The van der Waals surface area contributed by atoms with Crippen molar-refractivity contribution in [3.8, 4) is 0 Å². The highest BCUT2D eigenvalue weighted by Crippen LogP contribution is 2.43. The summed E-state index contributed by atoms with van der Waals surface area (Å²) in [5.41, 5.74) is 0. The maximum Gasteiger partial charge on any atom is 0.472 e. The Morgan fingerprint density at radius 3 is 1.21 bits per heavy atom. The number of hydrogen-bond acceptors (Lipinski definition) is 7. The van der Waals surface area contributed by atoms with Gasteiger partial charge in [-0.05, 0) is 47.3 Å². The van der Waals surface area contributed by atoms with E-state index in [4.69, 9.17) is 18.5 Å². The summed E-state index contributed by atoms with van der Waals surface area (Å²) in [6.45, 7) is 22.7. The van der Waals surface area contributed by atoms with Gasteiger partial charge in [0.25, 0.3) is 0 Å². The molecule has 0 radical (unpaired) electrons. The van der Waals surface area contributed by atoms with Gasteiger partial charge in [-0.3, -0.25) is 18.6 Å². The van der Waals surface area contributed by atoms with Crippen LogP contribution in [0.25, 0.3) is 0 Å². The normalized spacial score (nSPS) is 17.0. The first-order valence-corrected chi connectivity index (χ1v) is 25.3. The van der Waals surface area contributed by atoms with E-state index in [1.807, 2.05) is 21.1 Å². The molecule has 0 heterocycles. The molecule has 0 aliphatic carbocycles. The zero-order chi connectivity index (χ0) is 44.1. The number of phosphoric ester groups is 1. The smallest absolute Gasteiger partial charge is 0.462 e. The van der Waals surface area contributed by atoms with Crippen molar-refractivity contribution in [2.24, 2.45) is 47.3 Å². The van der Waals surface area contributed by atoms with E-state index in [0.717, 1.165) is 62.2 Å². The summed E-state index contributed by atoms with van der Waals surface area (Å²) >= 11 is 0. The minimum Gasteiger partial charge on any atom is -0.462 e. The minimum absolute atomic E-state index is 0.0266. The zero-order valence-corrected chi connectivity index (χ0v) is 41.3. The van der Waals surface area contributed by atoms with Crippen LogP contribution in [0.3, 0.4) is 0 Å². The highest BCUT2D eigenvalue weighted by Gasteiger charge is 2.28. The largest absolute Gasteiger partial charge is 0.472 e. The van der Waals surface area contributed by atoms with Gasteiger partial charge >= 0.3 is 19.8 Å². The molecule has 0 aliphatic rings. The third kappa shape index (κ3) is 36.8. The molecular formula is C48H97NO8P+. The lowest BCUT2D eigenvalue weighted by Gasteiger charge is -2.24. The highest BCUT2D eigenvalue weighted by molar-refractivity contribution is 7.47. The van der Waals surface area contributed by atoms with Gasteiger partial charge in [-0.15, -0.1) is 0 Å². The van der Waals surface area contributed by atoms with Crippen molar-refractivity contribution < 1.29 is 42.1 Å². The van der Waals surface area contributed by atoms with E-state index < -0.39 is 26.5 Å². The second kappa shape index (κ2) is 32.7. The van der Waals surface area contributed by atoms with Crippen molar-refractivity contribution in [2.45, 2.75) is 204 Å². The summed E-state index contributed by atoms with van der Waals surface area (Å²) in [6.07, 6.45) is 21.4. The summed E-state index contributed by atoms with van der Waals surface area (Å²) in [5.74, 6) is 4.00. The van der Waals surface area contributed by atoms with Crippen molar-refractivity contribution >= 4 is 19.8 Å². The van der Waals surface area contributed by atoms with Crippen LogP contribution >= 0.6 is 7.82 Å². The Hall–Kier alpha value is -0.990. The van der Waals surface area contributed by atoms with Gasteiger partial charge in [-0.1, -0.05) is 185 Å². The van der Waals surface area contributed by atoms with Crippen molar-refractivity contribution in [1.82, 2.24) is 0 Å². The maximum absolute atomic E-state index is 13.1. The molecule has 0 bridgehead atoms. The van der Waals surface area contributed by atoms with Crippen LogP contribution in [0.4, 0.5) is 0 Å². The van der Waals surface area contributed by atoms with E-state index in [1.165, 1.54) is 77.0 Å². The van der Waals surface area contributed by atoms with Crippen LogP contribution in [0, 0.1) is 47.3 Å². The molecule has 58 heavy (non-hydrogen) atoms. The number of esters is 2. The molecule has 9 nitrogen and oxygen atoms in total. The molecule has 0 fully saturated rings. The second-order valence-electron chi connectivity index (χ2n) is 20.8. The van der Waals surface area contributed by atoms with E-state index in [2.05, 4.69) is 69.2 Å². The van der Waals surface area contributed by atoms with Gasteiger partial charge in [0.05, 0.1) is 27.7 Å². The molecule has 0 saturated heterocycles. The number of quaternary nitrogens is 1. The van der Waals surface area contributed by atoms with Gasteiger partial charge in [0.2, 0.25) is 0 Å². The maximum atomic E-state index is 13.1. The molecule has 1 N–H and O–H groups in total. The number of carbonyl (C=O) groups excluding carboxylic acids is 2. The van der Waals surface area contributed by atoms with Crippen LogP contribution in [0.15, 0.2) is 0 Å². The fourth-order valence-corrected chi connectivity index (χ4v) is 8.34. The Bertz CT molecular complexity index is 1080. The van der Waals surface area contributed by atoms with E-state index in [-0.39, 0.29) is 43.9 Å². The highest BCUT2D eigenvalue weighted by atomic mass is 31.2. The quantitative estimate of drug-likeness (QED) is 0.0372. The average molecular weight is 847 g/mol. The number of hydrogen-bond donors (Lipinski definition) is 1. The SMILES string of the molecule is CC(C)CCCC(C)CCCC(C)CCCC(C)CC(=O)OCC(COP(=O)(O)OCC[N+](C)(C)C)OC(=O)CC(C)CCCC(C)CCCC(C)CCCC(C)C. The molecule has 346 valence electrons. The lowest BCUT2D eigenvalue weighted by atomic mass is 9.91. The monoisotopic (exact) mass is 847 g/mol. The average Bonchev–Trinajstić information content (AvgIpc) is 3.08. The third-order valence-electron chi connectivity index (χ3n) is 11.7. The Morgan fingerprint density at radius 2 is 0.845 bits per heavy atom. The number of rotatable bonds is 38. The van der Waals surface area contributed by atoms with E-state index >= 15 is 0 Å². The molecule has 8 unspecified atom stereocenters. The van der Waals surface area contributed by atoms with Crippen LogP contribution in [0.1, 0.15) is 198 Å². The third-order valence-corrected chi connectivity index (χ3v) is 12.7. The Balaban J connectivity index is 4.82.